The minimum atomic E-state index is -0.0796. The molecule has 0 saturated heterocycles. The summed E-state index contributed by atoms with van der Waals surface area (Å²) >= 11 is 0. The van der Waals surface area contributed by atoms with Gasteiger partial charge in [0.25, 0.3) is 0 Å². The predicted molar refractivity (Wildman–Crippen MR) is 74.3 cm³/mol. The molecule has 1 aromatic carbocycles. The molecule has 0 heterocycles. The Morgan fingerprint density at radius 2 is 1.83 bits per heavy atom. The maximum Gasteiger partial charge on any atom is 0.122 e. The maximum atomic E-state index is 9.58. The van der Waals surface area contributed by atoms with Crippen LogP contribution < -0.4 is 4.74 Å². The van der Waals surface area contributed by atoms with Crippen LogP contribution in [0, 0.1) is 0 Å². The highest BCUT2D eigenvalue weighted by atomic mass is 16.5. The second-order valence-electron chi connectivity index (χ2n) is 5.66. The van der Waals surface area contributed by atoms with Crippen molar-refractivity contribution in [1.82, 2.24) is 0 Å². The van der Waals surface area contributed by atoms with Gasteiger partial charge in [0.2, 0.25) is 0 Å². The van der Waals surface area contributed by atoms with Gasteiger partial charge in [-0.25, -0.2) is 0 Å². The Bertz CT molecular complexity index is 390. The lowest BCUT2D eigenvalue weighted by Gasteiger charge is -2.26. The van der Waals surface area contributed by atoms with Gasteiger partial charge < -0.3 is 9.84 Å². The molecule has 1 aliphatic carbocycles. The highest BCUT2D eigenvalue weighted by Crippen LogP contribution is 2.36. The highest BCUT2D eigenvalue weighted by molar-refractivity contribution is 5.40. The predicted octanol–water partition coefficient (Wildman–Crippen LogP) is 3.84. The SMILES string of the molecule is COc1ccc(C2CCC(O)CC2)cc1C(C)C. The van der Waals surface area contributed by atoms with E-state index in [2.05, 4.69) is 32.0 Å². The van der Waals surface area contributed by atoms with Gasteiger partial charge in [-0.2, -0.15) is 0 Å². The van der Waals surface area contributed by atoms with Gasteiger partial charge in [0.15, 0.2) is 0 Å². The Morgan fingerprint density at radius 3 is 2.39 bits per heavy atom. The third-order valence-electron chi connectivity index (χ3n) is 4.04. The van der Waals surface area contributed by atoms with Crippen molar-refractivity contribution in [2.24, 2.45) is 0 Å². The standard InChI is InChI=1S/C16H24O2/c1-11(2)15-10-13(6-9-16(15)18-3)12-4-7-14(17)8-5-12/h6,9-12,14,17H,4-5,7-8H2,1-3H3. The second kappa shape index (κ2) is 5.75. The molecule has 0 aliphatic heterocycles. The average molecular weight is 248 g/mol. The molecule has 1 aliphatic rings. The largest absolute Gasteiger partial charge is 0.496 e. The van der Waals surface area contributed by atoms with Crippen molar-refractivity contribution in [3.8, 4) is 5.75 Å². The minimum absolute atomic E-state index is 0.0796. The van der Waals surface area contributed by atoms with Gasteiger partial charge in [0, 0.05) is 0 Å². The van der Waals surface area contributed by atoms with E-state index in [1.165, 1.54) is 11.1 Å². The molecule has 0 bridgehead atoms. The molecule has 0 atom stereocenters. The zero-order chi connectivity index (χ0) is 13.1. The van der Waals surface area contributed by atoms with Crippen LogP contribution >= 0.6 is 0 Å². The molecule has 0 amide bonds. The molecule has 2 nitrogen and oxygen atoms in total. The molecule has 2 rings (SSSR count). The summed E-state index contributed by atoms with van der Waals surface area (Å²) in [5, 5.41) is 9.58. The van der Waals surface area contributed by atoms with Crippen molar-refractivity contribution in [2.45, 2.75) is 57.5 Å². The van der Waals surface area contributed by atoms with Crippen LogP contribution in [0.25, 0.3) is 0 Å². The van der Waals surface area contributed by atoms with Crippen molar-refractivity contribution in [1.29, 1.82) is 0 Å². The molecule has 0 unspecified atom stereocenters. The van der Waals surface area contributed by atoms with E-state index in [0.717, 1.165) is 31.4 Å². The minimum Gasteiger partial charge on any atom is -0.496 e. The number of methoxy groups -OCH3 is 1. The second-order valence-corrected chi connectivity index (χ2v) is 5.66. The summed E-state index contributed by atoms with van der Waals surface area (Å²) < 4.78 is 5.43. The first-order valence-electron chi connectivity index (χ1n) is 6.97. The van der Waals surface area contributed by atoms with Crippen molar-refractivity contribution in [3.63, 3.8) is 0 Å². The molecule has 18 heavy (non-hydrogen) atoms. The summed E-state index contributed by atoms with van der Waals surface area (Å²) in [6.07, 6.45) is 4.00. The van der Waals surface area contributed by atoms with Crippen molar-refractivity contribution in [3.05, 3.63) is 29.3 Å². The molecule has 1 aromatic rings. The molecular formula is C16H24O2. The third kappa shape index (κ3) is 2.86. The van der Waals surface area contributed by atoms with E-state index in [0.29, 0.717) is 11.8 Å². The van der Waals surface area contributed by atoms with Gasteiger partial charge in [-0.15, -0.1) is 0 Å². The van der Waals surface area contributed by atoms with Crippen molar-refractivity contribution in [2.75, 3.05) is 7.11 Å². The Kier molecular flexibility index (Phi) is 4.28. The Morgan fingerprint density at radius 1 is 1.17 bits per heavy atom. The van der Waals surface area contributed by atoms with E-state index in [-0.39, 0.29) is 6.10 Å². The summed E-state index contributed by atoms with van der Waals surface area (Å²) in [6.45, 7) is 4.40. The Labute approximate surface area is 110 Å². The zero-order valence-corrected chi connectivity index (χ0v) is 11.6. The lowest BCUT2D eigenvalue weighted by Crippen LogP contribution is -2.17. The van der Waals surface area contributed by atoms with E-state index in [1.54, 1.807) is 7.11 Å². The molecule has 0 radical (unpaired) electrons. The quantitative estimate of drug-likeness (QED) is 0.880. The van der Waals surface area contributed by atoms with Crippen molar-refractivity contribution >= 4 is 0 Å². The number of aliphatic hydroxyl groups excluding tert-OH is 1. The number of aliphatic hydroxyl groups is 1. The first kappa shape index (κ1) is 13.4. The highest BCUT2D eigenvalue weighted by Gasteiger charge is 2.21. The lowest BCUT2D eigenvalue weighted by molar-refractivity contribution is 0.122. The topological polar surface area (TPSA) is 29.5 Å². The van der Waals surface area contributed by atoms with Gasteiger partial charge in [-0.1, -0.05) is 26.0 Å². The van der Waals surface area contributed by atoms with Crippen LogP contribution in [0.5, 0.6) is 5.75 Å². The van der Waals surface area contributed by atoms with Crippen LogP contribution in [0.15, 0.2) is 18.2 Å². The average Bonchev–Trinajstić information content (AvgIpc) is 2.39. The first-order valence-corrected chi connectivity index (χ1v) is 6.97. The van der Waals surface area contributed by atoms with Crippen LogP contribution in [0.4, 0.5) is 0 Å². The molecule has 1 saturated carbocycles. The molecule has 100 valence electrons. The van der Waals surface area contributed by atoms with Gasteiger partial charge >= 0.3 is 0 Å². The van der Waals surface area contributed by atoms with Crippen LogP contribution in [-0.2, 0) is 0 Å². The summed E-state index contributed by atoms with van der Waals surface area (Å²) in [6, 6.07) is 6.58. The fraction of sp³-hybridized carbons (Fsp3) is 0.625. The fourth-order valence-corrected chi connectivity index (χ4v) is 2.87. The van der Waals surface area contributed by atoms with E-state index in [1.807, 2.05) is 0 Å². The van der Waals surface area contributed by atoms with Crippen molar-refractivity contribution < 1.29 is 9.84 Å². The first-order chi connectivity index (χ1) is 8.61. The summed E-state index contributed by atoms with van der Waals surface area (Å²) in [5.41, 5.74) is 2.70. The van der Waals surface area contributed by atoms with Crippen LogP contribution in [0.3, 0.4) is 0 Å². The van der Waals surface area contributed by atoms with Crippen LogP contribution in [0.1, 0.15) is 62.5 Å². The third-order valence-corrected chi connectivity index (χ3v) is 4.04. The molecule has 1 fully saturated rings. The van der Waals surface area contributed by atoms with Crippen LogP contribution in [0.2, 0.25) is 0 Å². The smallest absolute Gasteiger partial charge is 0.122 e. The van der Waals surface area contributed by atoms with Gasteiger partial charge in [0.05, 0.1) is 13.2 Å². The molecule has 2 heteroatoms. The number of ether oxygens (including phenoxy) is 1. The number of benzene rings is 1. The van der Waals surface area contributed by atoms with Gasteiger partial charge in [-0.05, 0) is 54.7 Å². The van der Waals surface area contributed by atoms with Gasteiger partial charge in [0.1, 0.15) is 5.75 Å². The van der Waals surface area contributed by atoms with E-state index >= 15 is 0 Å². The fourth-order valence-electron chi connectivity index (χ4n) is 2.87. The van der Waals surface area contributed by atoms with E-state index < -0.39 is 0 Å². The zero-order valence-electron chi connectivity index (χ0n) is 11.6. The number of hydrogen-bond donors (Lipinski definition) is 1. The molecular weight excluding hydrogens is 224 g/mol. The summed E-state index contributed by atoms with van der Waals surface area (Å²) in [5.74, 6) is 2.08. The lowest BCUT2D eigenvalue weighted by atomic mass is 9.81. The summed E-state index contributed by atoms with van der Waals surface area (Å²) in [4.78, 5) is 0. The Balaban J connectivity index is 2.21. The number of hydrogen-bond acceptors (Lipinski definition) is 2. The molecule has 0 aromatic heterocycles. The monoisotopic (exact) mass is 248 g/mol. The van der Waals surface area contributed by atoms with Gasteiger partial charge in [-0.3, -0.25) is 0 Å². The van der Waals surface area contributed by atoms with E-state index in [4.69, 9.17) is 4.74 Å². The van der Waals surface area contributed by atoms with E-state index in [9.17, 15) is 5.11 Å². The van der Waals surface area contributed by atoms with Crippen LogP contribution in [-0.4, -0.2) is 18.3 Å². The maximum absolute atomic E-state index is 9.58. The molecule has 0 spiro atoms. The Hall–Kier alpha value is -1.02. The summed E-state index contributed by atoms with van der Waals surface area (Å²) in [7, 11) is 1.73. The number of rotatable bonds is 3. The molecule has 1 N–H and O–H groups in total. The normalized spacial score (nSPS) is 24.3.